The minimum absolute atomic E-state index is 0.255. The van der Waals surface area contributed by atoms with Crippen molar-refractivity contribution in [2.45, 2.75) is 33.2 Å². The summed E-state index contributed by atoms with van der Waals surface area (Å²) >= 11 is 0. The summed E-state index contributed by atoms with van der Waals surface area (Å²) in [6.45, 7) is 8.69. The van der Waals surface area contributed by atoms with E-state index in [9.17, 15) is 0 Å². The van der Waals surface area contributed by atoms with Crippen LogP contribution < -0.4 is 5.32 Å². The maximum atomic E-state index is 5.07. The molecule has 0 aliphatic heterocycles. The maximum absolute atomic E-state index is 5.07. The fraction of sp³-hybridized carbons (Fsp3) is 0.222. The summed E-state index contributed by atoms with van der Waals surface area (Å²) in [5.41, 5.74) is 7.96. The van der Waals surface area contributed by atoms with Crippen molar-refractivity contribution in [3.63, 3.8) is 0 Å². The molecule has 0 aliphatic carbocycles. The van der Waals surface area contributed by atoms with Gasteiger partial charge in [0.25, 0.3) is 0 Å². The molecule has 1 heterocycles. The maximum Gasteiger partial charge on any atom is 0.204 e. The van der Waals surface area contributed by atoms with Crippen molar-refractivity contribution in [3.8, 4) is 22.5 Å². The van der Waals surface area contributed by atoms with Crippen LogP contribution in [0, 0.1) is 13.8 Å². The first-order valence-corrected chi connectivity index (χ1v) is 10.4. The SMILES string of the molecule is Cc1ccc(-c2c(-c3ccccc3)nc(NC(C)(C)c3ccccc3)n2C)cc1C. The molecule has 3 aromatic carbocycles. The quantitative estimate of drug-likeness (QED) is 0.406. The number of nitrogens with zero attached hydrogens (tertiary/aromatic N) is 2. The van der Waals surface area contributed by atoms with E-state index in [1.54, 1.807) is 0 Å². The van der Waals surface area contributed by atoms with Gasteiger partial charge in [-0.3, -0.25) is 0 Å². The number of rotatable bonds is 5. The summed E-state index contributed by atoms with van der Waals surface area (Å²) in [6.07, 6.45) is 0. The number of aromatic nitrogens is 2. The van der Waals surface area contributed by atoms with Crippen LogP contribution in [0.5, 0.6) is 0 Å². The topological polar surface area (TPSA) is 29.9 Å². The molecule has 0 bridgehead atoms. The van der Waals surface area contributed by atoms with Crippen LogP contribution in [-0.4, -0.2) is 9.55 Å². The Labute approximate surface area is 179 Å². The number of benzene rings is 3. The van der Waals surface area contributed by atoms with E-state index in [4.69, 9.17) is 4.98 Å². The lowest BCUT2D eigenvalue weighted by Gasteiger charge is -2.27. The molecule has 0 atom stereocenters. The van der Waals surface area contributed by atoms with Crippen LogP contribution in [0.4, 0.5) is 5.95 Å². The number of nitrogens with one attached hydrogen (secondary N) is 1. The van der Waals surface area contributed by atoms with E-state index >= 15 is 0 Å². The monoisotopic (exact) mass is 395 g/mol. The minimum atomic E-state index is -0.255. The van der Waals surface area contributed by atoms with Crippen molar-refractivity contribution in [1.82, 2.24) is 9.55 Å². The van der Waals surface area contributed by atoms with E-state index in [1.807, 2.05) is 12.1 Å². The molecule has 0 radical (unpaired) electrons. The third-order valence-corrected chi connectivity index (χ3v) is 5.84. The van der Waals surface area contributed by atoms with Crippen molar-refractivity contribution >= 4 is 5.95 Å². The van der Waals surface area contributed by atoms with Gasteiger partial charge in [0, 0.05) is 18.2 Å². The zero-order valence-electron chi connectivity index (χ0n) is 18.4. The summed E-state index contributed by atoms with van der Waals surface area (Å²) in [7, 11) is 2.09. The Morgan fingerprint density at radius 1 is 0.767 bits per heavy atom. The first kappa shape index (κ1) is 20.0. The van der Waals surface area contributed by atoms with Gasteiger partial charge in [-0.05, 0) is 50.5 Å². The van der Waals surface area contributed by atoms with Crippen molar-refractivity contribution in [2.24, 2.45) is 7.05 Å². The van der Waals surface area contributed by atoms with Crippen LogP contribution in [0.2, 0.25) is 0 Å². The normalized spacial score (nSPS) is 11.5. The van der Waals surface area contributed by atoms with Crippen molar-refractivity contribution < 1.29 is 0 Å². The summed E-state index contributed by atoms with van der Waals surface area (Å²) in [5.74, 6) is 0.857. The summed E-state index contributed by atoms with van der Waals surface area (Å²) in [4.78, 5) is 5.07. The number of hydrogen-bond donors (Lipinski definition) is 1. The van der Waals surface area contributed by atoms with Crippen LogP contribution in [-0.2, 0) is 12.6 Å². The Kier molecular flexibility index (Phi) is 5.21. The van der Waals surface area contributed by atoms with E-state index in [-0.39, 0.29) is 5.54 Å². The Morgan fingerprint density at radius 3 is 2.03 bits per heavy atom. The van der Waals surface area contributed by atoms with Crippen LogP contribution in [0.15, 0.2) is 78.9 Å². The van der Waals surface area contributed by atoms with Crippen LogP contribution in [0.3, 0.4) is 0 Å². The van der Waals surface area contributed by atoms with Gasteiger partial charge < -0.3 is 9.88 Å². The van der Waals surface area contributed by atoms with E-state index in [1.165, 1.54) is 22.3 Å². The van der Waals surface area contributed by atoms with Gasteiger partial charge in [0.2, 0.25) is 5.95 Å². The zero-order valence-corrected chi connectivity index (χ0v) is 18.4. The lowest BCUT2D eigenvalue weighted by molar-refractivity contribution is 0.597. The highest BCUT2D eigenvalue weighted by Crippen LogP contribution is 2.36. The molecule has 0 saturated heterocycles. The number of anilines is 1. The molecule has 3 nitrogen and oxygen atoms in total. The molecule has 0 saturated carbocycles. The van der Waals surface area contributed by atoms with Gasteiger partial charge in [-0.2, -0.15) is 0 Å². The van der Waals surface area contributed by atoms with Crippen LogP contribution >= 0.6 is 0 Å². The smallest absolute Gasteiger partial charge is 0.204 e. The second kappa shape index (κ2) is 7.83. The van der Waals surface area contributed by atoms with Crippen molar-refractivity contribution in [3.05, 3.63) is 95.6 Å². The van der Waals surface area contributed by atoms with Crippen molar-refractivity contribution in [2.75, 3.05) is 5.32 Å². The second-order valence-corrected chi connectivity index (χ2v) is 8.47. The Bertz CT molecular complexity index is 1160. The predicted octanol–water partition coefficient (Wildman–Crippen LogP) is 6.72. The molecule has 0 spiro atoms. The lowest BCUT2D eigenvalue weighted by atomic mass is 9.95. The van der Waals surface area contributed by atoms with Gasteiger partial charge in [-0.15, -0.1) is 0 Å². The highest BCUT2D eigenvalue weighted by Gasteiger charge is 2.25. The fourth-order valence-electron chi connectivity index (χ4n) is 3.83. The molecule has 0 unspecified atom stereocenters. The Balaban J connectivity index is 1.85. The Morgan fingerprint density at radius 2 is 1.40 bits per heavy atom. The first-order chi connectivity index (χ1) is 14.4. The largest absolute Gasteiger partial charge is 0.347 e. The van der Waals surface area contributed by atoms with Gasteiger partial charge in [-0.1, -0.05) is 72.8 Å². The standard InChI is InChI=1S/C27H29N3/c1-19-16-17-22(18-20(19)2)25-24(21-12-8-6-9-13-21)28-26(30(25)5)29-27(3,4)23-14-10-7-11-15-23/h6-18H,1-5H3,(H,28,29). The molecule has 0 aliphatic rings. The predicted molar refractivity (Wildman–Crippen MR) is 127 cm³/mol. The highest BCUT2D eigenvalue weighted by atomic mass is 15.2. The van der Waals surface area contributed by atoms with Gasteiger partial charge in [0.1, 0.15) is 0 Å². The van der Waals surface area contributed by atoms with Crippen LogP contribution in [0.25, 0.3) is 22.5 Å². The molecule has 3 heteroatoms. The summed E-state index contributed by atoms with van der Waals surface area (Å²) in [6, 6.07) is 27.6. The molecule has 1 N–H and O–H groups in total. The van der Waals surface area contributed by atoms with Gasteiger partial charge in [0.15, 0.2) is 0 Å². The van der Waals surface area contributed by atoms with E-state index < -0.39 is 0 Å². The molecule has 0 fully saturated rings. The van der Waals surface area contributed by atoms with Gasteiger partial charge in [-0.25, -0.2) is 4.98 Å². The molecule has 30 heavy (non-hydrogen) atoms. The lowest BCUT2D eigenvalue weighted by Crippen LogP contribution is -2.29. The fourth-order valence-corrected chi connectivity index (χ4v) is 3.83. The highest BCUT2D eigenvalue weighted by molar-refractivity contribution is 5.81. The third-order valence-electron chi connectivity index (χ3n) is 5.84. The molecule has 4 rings (SSSR count). The molecular weight excluding hydrogens is 366 g/mol. The van der Waals surface area contributed by atoms with E-state index in [2.05, 4.69) is 111 Å². The first-order valence-electron chi connectivity index (χ1n) is 10.4. The molecule has 4 aromatic rings. The van der Waals surface area contributed by atoms with E-state index in [0.29, 0.717) is 0 Å². The average Bonchev–Trinajstić information content (AvgIpc) is 3.07. The molecule has 1 aromatic heterocycles. The number of imidazole rings is 1. The average molecular weight is 396 g/mol. The number of aryl methyl sites for hydroxylation is 2. The minimum Gasteiger partial charge on any atom is -0.347 e. The second-order valence-electron chi connectivity index (χ2n) is 8.47. The van der Waals surface area contributed by atoms with Crippen molar-refractivity contribution in [1.29, 1.82) is 0 Å². The molecule has 0 amide bonds. The molecular formula is C27H29N3. The number of hydrogen-bond acceptors (Lipinski definition) is 2. The van der Waals surface area contributed by atoms with Crippen LogP contribution in [0.1, 0.15) is 30.5 Å². The van der Waals surface area contributed by atoms with E-state index in [0.717, 1.165) is 22.9 Å². The molecule has 152 valence electrons. The summed E-state index contributed by atoms with van der Waals surface area (Å²) in [5, 5.41) is 3.68. The third kappa shape index (κ3) is 3.76. The zero-order chi connectivity index (χ0) is 21.3. The Hall–Kier alpha value is -3.33. The van der Waals surface area contributed by atoms with Gasteiger partial charge in [0.05, 0.1) is 16.9 Å². The summed E-state index contributed by atoms with van der Waals surface area (Å²) < 4.78 is 2.18. The van der Waals surface area contributed by atoms with Gasteiger partial charge >= 0.3 is 0 Å².